The number of halogens is 1. The van der Waals surface area contributed by atoms with E-state index in [1.54, 1.807) is 18.6 Å². The van der Waals surface area contributed by atoms with Crippen LogP contribution in [0.25, 0.3) is 0 Å². The van der Waals surface area contributed by atoms with Crippen molar-refractivity contribution in [2.45, 2.75) is 206 Å². The molecular formula is C71H110FN9O3. The second kappa shape index (κ2) is 27.5. The summed E-state index contributed by atoms with van der Waals surface area (Å²) in [5, 5.41) is 18.5. The van der Waals surface area contributed by atoms with Gasteiger partial charge in [-0.05, 0) is 233 Å². The molecule has 3 atom stereocenters. The minimum absolute atomic E-state index is 0. The van der Waals surface area contributed by atoms with Crippen LogP contribution in [0.5, 0.6) is 0 Å². The normalized spacial score (nSPS) is 22.0. The molecule has 3 spiro atoms. The van der Waals surface area contributed by atoms with E-state index in [1.807, 2.05) is 17.7 Å². The highest BCUT2D eigenvalue weighted by Gasteiger charge is 2.45. The maximum atomic E-state index is 14.3. The van der Waals surface area contributed by atoms with Crippen LogP contribution >= 0.6 is 0 Å². The lowest BCUT2D eigenvalue weighted by Crippen LogP contribution is -2.47. The summed E-state index contributed by atoms with van der Waals surface area (Å²) < 4.78 is 16.1. The van der Waals surface area contributed by atoms with Crippen molar-refractivity contribution >= 4 is 17.7 Å². The zero-order chi connectivity index (χ0) is 60.5. The number of likely N-dealkylation sites (tertiary alicyclic amines) is 3. The number of nitriles is 1. The molecule has 1 aromatic heterocycles. The highest BCUT2D eigenvalue weighted by molar-refractivity contribution is 5.92. The smallest absolute Gasteiger partial charge is 0.271 e. The van der Waals surface area contributed by atoms with Crippen molar-refractivity contribution in [3.05, 3.63) is 124 Å². The molecule has 6 aliphatic rings. The predicted molar refractivity (Wildman–Crippen MR) is 344 cm³/mol. The Hall–Kier alpha value is -5.42. The number of aryl methyl sites for hydroxylation is 1. The molecule has 3 fully saturated rings. The first kappa shape index (κ1) is 64.6. The molecule has 4 aromatic rings. The fourth-order valence-corrected chi connectivity index (χ4v) is 14.5. The van der Waals surface area contributed by atoms with Crippen LogP contribution in [-0.2, 0) is 32.9 Å². The molecule has 3 saturated heterocycles. The van der Waals surface area contributed by atoms with Crippen LogP contribution in [0.3, 0.4) is 0 Å². The van der Waals surface area contributed by atoms with Crippen molar-refractivity contribution in [1.29, 1.82) is 5.26 Å². The first-order valence-corrected chi connectivity index (χ1v) is 32.2. The zero-order valence-electron chi connectivity index (χ0n) is 53.4. The topological polar surface area (TPSA) is 139 Å². The molecule has 3 aromatic carbocycles. The molecule has 3 amide bonds. The van der Waals surface area contributed by atoms with Crippen molar-refractivity contribution in [2.75, 3.05) is 65.4 Å². The van der Waals surface area contributed by atoms with E-state index in [0.29, 0.717) is 33.9 Å². The van der Waals surface area contributed by atoms with Gasteiger partial charge in [-0.25, -0.2) is 9.37 Å². The van der Waals surface area contributed by atoms with Gasteiger partial charge in [0.1, 0.15) is 11.5 Å². The highest BCUT2D eigenvalue weighted by Crippen LogP contribution is 2.51. The summed E-state index contributed by atoms with van der Waals surface area (Å²) in [6.45, 7) is 33.0. The molecule has 10 rings (SSSR count). The number of fused-ring (bicyclic) bond motifs is 6. The van der Waals surface area contributed by atoms with E-state index in [1.165, 1.54) is 126 Å². The number of nitrogens with zero attached hydrogens (tertiary/aromatic N) is 6. The van der Waals surface area contributed by atoms with Crippen LogP contribution in [0.2, 0.25) is 0 Å². The predicted octanol–water partition coefficient (Wildman–Crippen LogP) is 14.1. The molecule has 3 N–H and O–H groups in total. The van der Waals surface area contributed by atoms with Gasteiger partial charge in [0.15, 0.2) is 0 Å². The molecule has 3 aliphatic heterocycles. The molecule has 464 valence electrons. The number of carbonyl (C=O) groups excluding carboxylic acids is 3. The van der Waals surface area contributed by atoms with E-state index in [4.69, 9.17) is 0 Å². The Labute approximate surface area is 509 Å². The van der Waals surface area contributed by atoms with E-state index in [2.05, 4.69) is 153 Å². The van der Waals surface area contributed by atoms with E-state index >= 15 is 0 Å². The summed E-state index contributed by atoms with van der Waals surface area (Å²) in [6, 6.07) is 25.1. The third-order valence-corrected chi connectivity index (χ3v) is 19.9. The average Bonchev–Trinajstić information content (AvgIpc) is 1.50. The van der Waals surface area contributed by atoms with Gasteiger partial charge in [-0.3, -0.25) is 14.4 Å². The summed E-state index contributed by atoms with van der Waals surface area (Å²) >= 11 is 0. The Morgan fingerprint density at radius 3 is 1.52 bits per heavy atom. The van der Waals surface area contributed by atoms with Gasteiger partial charge in [0.05, 0.1) is 30.4 Å². The number of benzene rings is 3. The standard InChI is InChI=1S/C25H38FN3O2.C25H36N4O.C21H30N2.3H2/c1-18(30)27-13-8-23(31)28-22-7-9-25(21-17-19(26)5-6-20(21)22)11-15-29(16-12-25)14-10-24(2,3)4;1-24(2,3)11-14-29-15-12-25(13-16-29)10-9-21(19-7-5-6-8-20(19)25)27-23(30)22-17-28(4)18-26-22;1-20(2,3)10-13-23-14-11-21(12-15-23)9-8-17(16-22)18-6-4-5-7-19(18)21;;;/h5-6,17,22H,7-16H2,1-4H3,(H,27,30)(H,28,31);5-8,17-18,21H,9-16H2,1-4H3,(H,27,30);4-7,17H,8-15H2,1-3H3;3*1H/t22-;21-;;;;/m00..../s1. The largest absolute Gasteiger partial charge is 0.356 e. The summed E-state index contributed by atoms with van der Waals surface area (Å²) in [4.78, 5) is 48.2. The van der Waals surface area contributed by atoms with Crippen LogP contribution in [0.15, 0.2) is 79.3 Å². The lowest BCUT2D eigenvalue weighted by Gasteiger charge is -2.47. The lowest BCUT2D eigenvalue weighted by molar-refractivity contribution is -0.122. The highest BCUT2D eigenvalue weighted by atomic mass is 19.1. The average molecular weight is 1160 g/mol. The molecule has 0 radical (unpaired) electrons. The quantitative estimate of drug-likeness (QED) is 0.127. The third kappa shape index (κ3) is 17.0. The van der Waals surface area contributed by atoms with Crippen LogP contribution < -0.4 is 16.0 Å². The molecule has 0 saturated carbocycles. The van der Waals surface area contributed by atoms with Gasteiger partial charge < -0.3 is 35.2 Å². The maximum Gasteiger partial charge on any atom is 0.271 e. The van der Waals surface area contributed by atoms with Crippen molar-refractivity contribution in [2.24, 2.45) is 23.3 Å². The Kier molecular flexibility index (Phi) is 21.2. The molecule has 1 unspecified atom stereocenters. The molecule has 13 heteroatoms. The number of aromatic nitrogens is 2. The minimum atomic E-state index is -0.203. The van der Waals surface area contributed by atoms with Crippen LogP contribution in [-0.4, -0.2) is 107 Å². The van der Waals surface area contributed by atoms with Crippen LogP contribution in [0.4, 0.5) is 4.39 Å². The van der Waals surface area contributed by atoms with Gasteiger partial charge in [0.2, 0.25) is 11.8 Å². The number of imidazole rings is 1. The SMILES string of the molecule is CC(=O)NCCC(=O)N[C@H]1CCC2(CCN(CCC(C)(C)C)CC2)c2cc(F)ccc21.CC(C)(C)CCN1CCC2(CCC(C#N)c3ccccc32)CC1.Cn1cnc(C(=O)N[C@H]2CCC3(CCN(CCC(C)(C)C)CC3)c3ccccc32)c1.[HH].[HH].[HH]. The number of nitrogens with one attached hydrogen (secondary N) is 3. The Bertz CT molecular complexity index is 2900. The van der Waals surface area contributed by atoms with Gasteiger partial charge in [-0.2, -0.15) is 5.26 Å². The number of hydrogen-bond donors (Lipinski definition) is 3. The summed E-state index contributed by atoms with van der Waals surface area (Å²) in [5.41, 5.74) is 9.94. The van der Waals surface area contributed by atoms with Gasteiger partial charge in [-0.15, -0.1) is 0 Å². The van der Waals surface area contributed by atoms with Crippen molar-refractivity contribution in [3.63, 3.8) is 0 Å². The zero-order valence-corrected chi connectivity index (χ0v) is 53.4. The Morgan fingerprint density at radius 1 is 0.619 bits per heavy atom. The van der Waals surface area contributed by atoms with E-state index in [0.717, 1.165) is 75.7 Å². The van der Waals surface area contributed by atoms with Crippen molar-refractivity contribution in [1.82, 2.24) is 40.2 Å². The van der Waals surface area contributed by atoms with Crippen molar-refractivity contribution in [3.8, 4) is 6.07 Å². The second-order valence-electron chi connectivity index (χ2n) is 29.8. The fraction of sp³-hybridized carbons (Fsp3) is 0.648. The molecule has 12 nitrogen and oxygen atoms in total. The number of carbonyl (C=O) groups is 3. The van der Waals surface area contributed by atoms with Gasteiger partial charge in [0, 0.05) is 37.4 Å². The van der Waals surface area contributed by atoms with E-state index < -0.39 is 0 Å². The number of hydrogen-bond acceptors (Lipinski definition) is 8. The number of amides is 3. The van der Waals surface area contributed by atoms with E-state index in [-0.39, 0.29) is 63.1 Å². The monoisotopic (exact) mass is 1160 g/mol. The summed E-state index contributed by atoms with van der Waals surface area (Å²) in [5.74, 6) is -0.394. The van der Waals surface area contributed by atoms with Crippen molar-refractivity contribution < 1.29 is 23.1 Å². The first-order chi connectivity index (χ1) is 39.8. The van der Waals surface area contributed by atoms with Gasteiger partial charge >= 0.3 is 0 Å². The van der Waals surface area contributed by atoms with Gasteiger partial charge in [0.25, 0.3) is 5.91 Å². The second-order valence-corrected chi connectivity index (χ2v) is 29.8. The Balaban J connectivity index is 0.000000236. The van der Waals surface area contributed by atoms with Crippen LogP contribution in [0.1, 0.15) is 238 Å². The summed E-state index contributed by atoms with van der Waals surface area (Å²) in [6.07, 6.45) is 20.6. The lowest BCUT2D eigenvalue weighted by atomic mass is 9.62. The molecule has 0 bridgehead atoms. The summed E-state index contributed by atoms with van der Waals surface area (Å²) in [7, 11) is 1.89. The first-order valence-electron chi connectivity index (χ1n) is 32.2. The number of piperidine rings is 3. The maximum absolute atomic E-state index is 14.3. The molecule has 4 heterocycles. The Morgan fingerprint density at radius 2 is 1.06 bits per heavy atom. The van der Waals surface area contributed by atoms with Crippen LogP contribution in [0, 0.1) is 33.4 Å². The molecule has 3 aliphatic carbocycles. The van der Waals surface area contributed by atoms with E-state index in [9.17, 15) is 24.0 Å². The molecule has 84 heavy (non-hydrogen) atoms. The fourth-order valence-electron chi connectivity index (χ4n) is 14.5. The molecular weight excluding hydrogens is 1050 g/mol. The third-order valence-electron chi connectivity index (χ3n) is 19.9. The minimum Gasteiger partial charge on any atom is -0.356 e. The number of rotatable bonds is 12. The van der Waals surface area contributed by atoms with Gasteiger partial charge in [-0.1, -0.05) is 117 Å².